The molecule has 2 aromatic rings. The molecule has 9 nitrogen and oxygen atoms in total. The lowest BCUT2D eigenvalue weighted by Crippen LogP contribution is -2.46. The Morgan fingerprint density at radius 3 is 2.31 bits per heavy atom. The van der Waals surface area contributed by atoms with Gasteiger partial charge in [0.15, 0.2) is 6.10 Å². The number of anilines is 2. The Balaban J connectivity index is 1.44. The van der Waals surface area contributed by atoms with Gasteiger partial charge < -0.3 is 15.4 Å². The SMILES string of the molecule is CC(=O)Nc1ccc(N2C(=O)c3ccc(C(=O)OC(C)C(=O)NC4CCCCC4C)cc3C2=O)cc1. The maximum Gasteiger partial charge on any atom is 0.338 e. The topological polar surface area (TPSA) is 122 Å². The lowest BCUT2D eigenvalue weighted by Gasteiger charge is -2.30. The molecule has 36 heavy (non-hydrogen) atoms. The van der Waals surface area contributed by atoms with Crippen LogP contribution in [0.1, 0.15) is 77.5 Å². The Kier molecular flexibility index (Phi) is 7.19. The molecule has 0 radical (unpaired) electrons. The van der Waals surface area contributed by atoms with Gasteiger partial charge in [-0.15, -0.1) is 0 Å². The highest BCUT2D eigenvalue weighted by Crippen LogP contribution is 2.30. The maximum absolute atomic E-state index is 13.0. The van der Waals surface area contributed by atoms with Gasteiger partial charge in [0, 0.05) is 18.7 Å². The second kappa shape index (κ2) is 10.3. The molecule has 3 atom stereocenters. The van der Waals surface area contributed by atoms with Crippen molar-refractivity contribution in [2.45, 2.75) is 58.6 Å². The molecular formula is C27H29N3O6. The second-order valence-corrected chi connectivity index (χ2v) is 9.36. The molecule has 1 fully saturated rings. The minimum atomic E-state index is -1.00. The normalized spacial score (nSPS) is 19.9. The number of nitrogens with one attached hydrogen (secondary N) is 2. The van der Waals surface area contributed by atoms with Crippen LogP contribution in [-0.2, 0) is 14.3 Å². The third-order valence-electron chi connectivity index (χ3n) is 6.66. The van der Waals surface area contributed by atoms with E-state index >= 15 is 0 Å². The molecule has 0 saturated heterocycles. The first-order valence-electron chi connectivity index (χ1n) is 12.1. The fraction of sp³-hybridized carbons (Fsp3) is 0.370. The number of carbonyl (C=O) groups excluding carboxylic acids is 5. The Morgan fingerprint density at radius 2 is 1.64 bits per heavy atom. The van der Waals surface area contributed by atoms with E-state index < -0.39 is 23.9 Å². The number of hydrogen-bond donors (Lipinski definition) is 2. The average molecular weight is 492 g/mol. The lowest BCUT2D eigenvalue weighted by molar-refractivity contribution is -0.130. The standard InChI is InChI=1S/C27H29N3O6/c1-15-6-4-5-7-23(15)29-24(32)16(2)36-27(35)18-8-13-21-22(14-18)26(34)30(25(21)33)20-11-9-19(10-12-20)28-17(3)31/h8-16,23H,4-7H2,1-3H3,(H,28,31)(H,29,32). The van der Waals surface area contributed by atoms with E-state index in [-0.39, 0.29) is 34.5 Å². The summed E-state index contributed by atoms with van der Waals surface area (Å²) in [5.74, 6) is -2.07. The molecule has 0 bridgehead atoms. The predicted octanol–water partition coefficient (Wildman–Crippen LogP) is 3.69. The van der Waals surface area contributed by atoms with Crippen LogP contribution in [0.15, 0.2) is 42.5 Å². The molecule has 1 heterocycles. The minimum Gasteiger partial charge on any atom is -0.449 e. The summed E-state index contributed by atoms with van der Waals surface area (Å²) >= 11 is 0. The number of carbonyl (C=O) groups is 5. The van der Waals surface area contributed by atoms with E-state index in [2.05, 4.69) is 17.6 Å². The molecule has 0 spiro atoms. The van der Waals surface area contributed by atoms with Crippen LogP contribution in [0.4, 0.5) is 11.4 Å². The van der Waals surface area contributed by atoms with Crippen LogP contribution in [0.3, 0.4) is 0 Å². The van der Waals surface area contributed by atoms with Crippen LogP contribution < -0.4 is 15.5 Å². The quantitative estimate of drug-likeness (QED) is 0.470. The highest BCUT2D eigenvalue weighted by Gasteiger charge is 2.37. The molecule has 2 N–H and O–H groups in total. The van der Waals surface area contributed by atoms with Crippen LogP contribution in [0.25, 0.3) is 0 Å². The van der Waals surface area contributed by atoms with Crippen molar-refractivity contribution >= 4 is 41.0 Å². The molecule has 1 saturated carbocycles. The van der Waals surface area contributed by atoms with Crippen LogP contribution >= 0.6 is 0 Å². The van der Waals surface area contributed by atoms with E-state index in [1.165, 1.54) is 32.0 Å². The zero-order valence-electron chi connectivity index (χ0n) is 20.5. The molecule has 3 unspecified atom stereocenters. The van der Waals surface area contributed by atoms with E-state index in [4.69, 9.17) is 4.74 Å². The molecule has 9 heteroatoms. The summed E-state index contributed by atoms with van der Waals surface area (Å²) in [5.41, 5.74) is 1.18. The van der Waals surface area contributed by atoms with E-state index in [0.29, 0.717) is 17.3 Å². The fourth-order valence-corrected chi connectivity index (χ4v) is 4.61. The van der Waals surface area contributed by atoms with Gasteiger partial charge in [-0.25, -0.2) is 9.69 Å². The summed E-state index contributed by atoms with van der Waals surface area (Å²) < 4.78 is 5.36. The molecule has 4 rings (SSSR count). The Bertz CT molecular complexity index is 1220. The van der Waals surface area contributed by atoms with E-state index in [1.54, 1.807) is 24.3 Å². The first kappa shape index (κ1) is 25.1. The summed E-state index contributed by atoms with van der Waals surface area (Å²) in [6.45, 7) is 4.99. The smallest absolute Gasteiger partial charge is 0.338 e. The molecule has 2 aromatic carbocycles. The molecule has 1 aliphatic heterocycles. The van der Waals surface area contributed by atoms with E-state index in [0.717, 1.165) is 30.6 Å². The molecule has 0 aromatic heterocycles. The van der Waals surface area contributed by atoms with Crippen molar-refractivity contribution in [3.63, 3.8) is 0 Å². The first-order valence-corrected chi connectivity index (χ1v) is 12.1. The van der Waals surface area contributed by atoms with Crippen LogP contribution in [0, 0.1) is 5.92 Å². The molecule has 188 valence electrons. The second-order valence-electron chi connectivity index (χ2n) is 9.36. The Morgan fingerprint density at radius 1 is 0.972 bits per heavy atom. The van der Waals surface area contributed by atoms with Gasteiger partial charge in [-0.2, -0.15) is 0 Å². The van der Waals surface area contributed by atoms with Gasteiger partial charge in [0.05, 0.1) is 22.4 Å². The van der Waals surface area contributed by atoms with E-state index in [9.17, 15) is 24.0 Å². The zero-order chi connectivity index (χ0) is 26.0. The minimum absolute atomic E-state index is 0.0642. The van der Waals surface area contributed by atoms with Crippen molar-refractivity contribution in [3.05, 3.63) is 59.2 Å². The fourth-order valence-electron chi connectivity index (χ4n) is 4.61. The summed E-state index contributed by atoms with van der Waals surface area (Å²) in [6, 6.07) is 10.5. The molecule has 2 aliphatic rings. The summed E-state index contributed by atoms with van der Waals surface area (Å²) in [7, 11) is 0. The number of nitrogens with zero attached hydrogens (tertiary/aromatic N) is 1. The third kappa shape index (κ3) is 5.15. The van der Waals surface area contributed by atoms with Gasteiger partial charge in [-0.05, 0) is 68.1 Å². The Hall–Kier alpha value is -4.01. The number of amides is 4. The van der Waals surface area contributed by atoms with Gasteiger partial charge in [0.2, 0.25) is 5.91 Å². The summed E-state index contributed by atoms with van der Waals surface area (Å²) in [5, 5.41) is 5.60. The van der Waals surface area contributed by atoms with E-state index in [1.807, 2.05) is 0 Å². The van der Waals surface area contributed by atoms with Crippen molar-refractivity contribution in [2.24, 2.45) is 5.92 Å². The van der Waals surface area contributed by atoms with Gasteiger partial charge in [-0.3, -0.25) is 19.2 Å². The van der Waals surface area contributed by atoms with Gasteiger partial charge in [0.25, 0.3) is 17.7 Å². The van der Waals surface area contributed by atoms with Gasteiger partial charge >= 0.3 is 5.97 Å². The van der Waals surface area contributed by atoms with Crippen LogP contribution in [0.5, 0.6) is 0 Å². The predicted molar refractivity (Wildman–Crippen MR) is 133 cm³/mol. The van der Waals surface area contributed by atoms with Crippen molar-refractivity contribution < 1.29 is 28.7 Å². The summed E-state index contributed by atoms with van der Waals surface area (Å²) in [6.07, 6.45) is 3.16. The highest BCUT2D eigenvalue weighted by atomic mass is 16.5. The molecular weight excluding hydrogens is 462 g/mol. The zero-order valence-corrected chi connectivity index (χ0v) is 20.5. The van der Waals surface area contributed by atoms with Crippen molar-refractivity contribution in [2.75, 3.05) is 10.2 Å². The molecule has 1 aliphatic carbocycles. The number of rotatable bonds is 6. The van der Waals surface area contributed by atoms with Gasteiger partial charge in [0.1, 0.15) is 0 Å². The van der Waals surface area contributed by atoms with Crippen molar-refractivity contribution in [1.29, 1.82) is 0 Å². The van der Waals surface area contributed by atoms with Gasteiger partial charge in [-0.1, -0.05) is 19.8 Å². The number of benzene rings is 2. The number of imide groups is 1. The molecule has 4 amide bonds. The number of fused-ring (bicyclic) bond motifs is 1. The van der Waals surface area contributed by atoms with Crippen molar-refractivity contribution in [1.82, 2.24) is 5.32 Å². The number of hydrogen-bond acceptors (Lipinski definition) is 6. The maximum atomic E-state index is 13.0. The Labute approximate surface area is 209 Å². The highest BCUT2D eigenvalue weighted by molar-refractivity contribution is 6.34. The average Bonchev–Trinajstić information content (AvgIpc) is 3.10. The van der Waals surface area contributed by atoms with Crippen molar-refractivity contribution in [3.8, 4) is 0 Å². The monoisotopic (exact) mass is 491 g/mol. The number of ether oxygens (including phenoxy) is 1. The van der Waals surface area contributed by atoms with Crippen LogP contribution in [0.2, 0.25) is 0 Å². The first-order chi connectivity index (χ1) is 17.2. The lowest BCUT2D eigenvalue weighted by atomic mass is 9.86. The third-order valence-corrected chi connectivity index (χ3v) is 6.66. The number of esters is 1. The largest absolute Gasteiger partial charge is 0.449 e. The summed E-state index contributed by atoms with van der Waals surface area (Å²) in [4.78, 5) is 63.5. The van der Waals surface area contributed by atoms with Crippen LogP contribution in [-0.4, -0.2) is 41.7 Å².